The quantitative estimate of drug-likeness (QED) is 0.867. The number of nitrogens with zero attached hydrogens (tertiary/aromatic N) is 2. The van der Waals surface area contributed by atoms with Crippen molar-refractivity contribution in [3.63, 3.8) is 0 Å². The van der Waals surface area contributed by atoms with E-state index in [1.807, 2.05) is 6.92 Å². The molecule has 0 radical (unpaired) electrons. The third kappa shape index (κ3) is 3.71. The Balaban J connectivity index is 1.97. The summed E-state index contributed by atoms with van der Waals surface area (Å²) in [5.41, 5.74) is 1.03. The van der Waals surface area contributed by atoms with E-state index < -0.39 is 0 Å². The highest BCUT2D eigenvalue weighted by molar-refractivity contribution is 5.28. The Hall–Kier alpha value is -1.07. The van der Waals surface area contributed by atoms with Gasteiger partial charge in [-0.3, -0.25) is 0 Å². The van der Waals surface area contributed by atoms with Crippen molar-refractivity contribution in [1.29, 1.82) is 0 Å². The standard InChI is InChI=1S/C13H23N3O2/c1-10(2)6-14-13-15-11(3)7-16(13)8-12-9-17-4-5-18-12/h7,10,12H,4-6,8-9H2,1-3H3,(H,14,15). The number of imidazole rings is 1. The lowest BCUT2D eigenvalue weighted by atomic mass is 10.2. The molecule has 0 saturated carbocycles. The number of hydrogen-bond donors (Lipinski definition) is 1. The highest BCUT2D eigenvalue weighted by Crippen LogP contribution is 2.12. The van der Waals surface area contributed by atoms with Crippen LogP contribution in [-0.2, 0) is 16.0 Å². The van der Waals surface area contributed by atoms with Crippen molar-refractivity contribution in [2.75, 3.05) is 31.7 Å². The molecule has 1 aromatic heterocycles. The molecule has 0 spiro atoms. The molecule has 0 aromatic carbocycles. The summed E-state index contributed by atoms with van der Waals surface area (Å²) in [4.78, 5) is 4.50. The second kappa shape index (κ2) is 6.20. The third-order valence-electron chi connectivity index (χ3n) is 2.85. The van der Waals surface area contributed by atoms with Gasteiger partial charge in [0.2, 0.25) is 5.95 Å². The summed E-state index contributed by atoms with van der Waals surface area (Å²) in [6, 6.07) is 0. The monoisotopic (exact) mass is 253 g/mol. The lowest BCUT2D eigenvalue weighted by Crippen LogP contribution is -2.32. The number of anilines is 1. The van der Waals surface area contributed by atoms with Crippen LogP contribution in [0.5, 0.6) is 0 Å². The minimum Gasteiger partial charge on any atom is -0.376 e. The van der Waals surface area contributed by atoms with E-state index >= 15 is 0 Å². The van der Waals surface area contributed by atoms with Crippen LogP contribution in [0.3, 0.4) is 0 Å². The maximum absolute atomic E-state index is 5.67. The molecule has 18 heavy (non-hydrogen) atoms. The van der Waals surface area contributed by atoms with Crippen LogP contribution in [0.4, 0.5) is 5.95 Å². The Labute approximate surface area is 108 Å². The topological polar surface area (TPSA) is 48.3 Å². The van der Waals surface area contributed by atoms with Gasteiger partial charge in [0.15, 0.2) is 0 Å². The van der Waals surface area contributed by atoms with Crippen LogP contribution in [-0.4, -0.2) is 42.0 Å². The summed E-state index contributed by atoms with van der Waals surface area (Å²) >= 11 is 0. The molecule has 2 rings (SSSR count). The number of rotatable bonds is 5. The van der Waals surface area contributed by atoms with Crippen molar-refractivity contribution in [2.24, 2.45) is 5.92 Å². The zero-order valence-corrected chi connectivity index (χ0v) is 11.5. The van der Waals surface area contributed by atoms with Gasteiger partial charge in [0, 0.05) is 12.7 Å². The van der Waals surface area contributed by atoms with Crippen LogP contribution in [0.1, 0.15) is 19.5 Å². The largest absolute Gasteiger partial charge is 0.376 e. The smallest absolute Gasteiger partial charge is 0.203 e. The minimum absolute atomic E-state index is 0.131. The van der Waals surface area contributed by atoms with Gasteiger partial charge in [-0.25, -0.2) is 4.98 Å². The molecule has 0 aliphatic carbocycles. The van der Waals surface area contributed by atoms with Gasteiger partial charge in [-0.05, 0) is 12.8 Å². The van der Waals surface area contributed by atoms with Crippen molar-refractivity contribution in [3.05, 3.63) is 11.9 Å². The Kier molecular flexibility index (Phi) is 4.60. The zero-order chi connectivity index (χ0) is 13.0. The minimum atomic E-state index is 0.131. The van der Waals surface area contributed by atoms with Gasteiger partial charge < -0.3 is 19.4 Å². The Bertz CT molecular complexity index is 370. The van der Waals surface area contributed by atoms with Crippen LogP contribution in [0.2, 0.25) is 0 Å². The molecule has 1 aromatic rings. The maximum atomic E-state index is 5.67. The SMILES string of the molecule is Cc1cn(CC2COCCO2)c(NCC(C)C)n1. The molecule has 1 saturated heterocycles. The molecule has 2 heterocycles. The average molecular weight is 253 g/mol. The molecular formula is C13H23N3O2. The fraction of sp³-hybridized carbons (Fsp3) is 0.769. The fourth-order valence-electron chi connectivity index (χ4n) is 1.98. The van der Waals surface area contributed by atoms with E-state index in [0.29, 0.717) is 25.7 Å². The Morgan fingerprint density at radius 3 is 3.00 bits per heavy atom. The molecule has 1 aliphatic heterocycles. The summed E-state index contributed by atoms with van der Waals surface area (Å²) in [7, 11) is 0. The maximum Gasteiger partial charge on any atom is 0.203 e. The van der Waals surface area contributed by atoms with Crippen LogP contribution >= 0.6 is 0 Å². The number of aromatic nitrogens is 2. The molecule has 5 nitrogen and oxygen atoms in total. The predicted octanol–water partition coefficient (Wildman–Crippen LogP) is 1.67. The van der Waals surface area contributed by atoms with Gasteiger partial charge in [0.1, 0.15) is 0 Å². The van der Waals surface area contributed by atoms with E-state index in [0.717, 1.165) is 24.7 Å². The van der Waals surface area contributed by atoms with Gasteiger partial charge in [-0.1, -0.05) is 13.8 Å². The zero-order valence-electron chi connectivity index (χ0n) is 11.5. The number of aryl methyl sites for hydroxylation is 1. The molecule has 1 N–H and O–H groups in total. The molecule has 102 valence electrons. The molecule has 0 bridgehead atoms. The first kappa shape index (κ1) is 13.4. The first-order valence-corrected chi connectivity index (χ1v) is 6.62. The van der Waals surface area contributed by atoms with Gasteiger partial charge in [-0.2, -0.15) is 0 Å². The summed E-state index contributed by atoms with van der Waals surface area (Å²) in [6.45, 7) is 10.2. The highest BCUT2D eigenvalue weighted by atomic mass is 16.6. The van der Waals surface area contributed by atoms with Gasteiger partial charge >= 0.3 is 0 Å². The number of ether oxygens (including phenoxy) is 2. The van der Waals surface area contributed by atoms with E-state index in [9.17, 15) is 0 Å². The van der Waals surface area contributed by atoms with Crippen molar-refractivity contribution < 1.29 is 9.47 Å². The van der Waals surface area contributed by atoms with E-state index in [4.69, 9.17) is 9.47 Å². The predicted molar refractivity (Wildman–Crippen MR) is 70.9 cm³/mol. The van der Waals surface area contributed by atoms with E-state index in [2.05, 4.69) is 34.9 Å². The van der Waals surface area contributed by atoms with Crippen molar-refractivity contribution in [2.45, 2.75) is 33.4 Å². The third-order valence-corrected chi connectivity index (χ3v) is 2.85. The Morgan fingerprint density at radius 2 is 2.33 bits per heavy atom. The van der Waals surface area contributed by atoms with Gasteiger partial charge in [-0.15, -0.1) is 0 Å². The van der Waals surface area contributed by atoms with Crippen molar-refractivity contribution in [3.8, 4) is 0 Å². The van der Waals surface area contributed by atoms with E-state index in [1.165, 1.54) is 0 Å². The Morgan fingerprint density at radius 1 is 1.50 bits per heavy atom. The molecule has 0 amide bonds. The normalized spacial score (nSPS) is 20.3. The van der Waals surface area contributed by atoms with Crippen LogP contribution < -0.4 is 5.32 Å². The van der Waals surface area contributed by atoms with Gasteiger partial charge in [0.25, 0.3) is 0 Å². The van der Waals surface area contributed by atoms with Crippen LogP contribution in [0.25, 0.3) is 0 Å². The lowest BCUT2D eigenvalue weighted by Gasteiger charge is -2.24. The van der Waals surface area contributed by atoms with E-state index in [1.54, 1.807) is 0 Å². The highest BCUT2D eigenvalue weighted by Gasteiger charge is 2.17. The molecule has 5 heteroatoms. The summed E-state index contributed by atoms with van der Waals surface area (Å²) in [6.07, 6.45) is 2.19. The fourth-order valence-corrected chi connectivity index (χ4v) is 1.98. The molecular weight excluding hydrogens is 230 g/mol. The summed E-state index contributed by atoms with van der Waals surface area (Å²) in [5, 5.41) is 3.38. The molecule has 1 aliphatic rings. The average Bonchev–Trinajstić information content (AvgIpc) is 2.68. The van der Waals surface area contributed by atoms with Crippen molar-refractivity contribution in [1.82, 2.24) is 9.55 Å². The summed E-state index contributed by atoms with van der Waals surface area (Å²) < 4.78 is 13.2. The molecule has 1 unspecified atom stereocenters. The molecule has 1 fully saturated rings. The van der Waals surface area contributed by atoms with Crippen molar-refractivity contribution >= 4 is 5.95 Å². The van der Waals surface area contributed by atoms with E-state index in [-0.39, 0.29) is 6.10 Å². The van der Waals surface area contributed by atoms with Gasteiger partial charge in [0.05, 0.1) is 38.2 Å². The van der Waals surface area contributed by atoms with Crippen LogP contribution in [0.15, 0.2) is 6.20 Å². The second-order valence-corrected chi connectivity index (χ2v) is 5.20. The lowest BCUT2D eigenvalue weighted by molar-refractivity contribution is -0.0934. The van der Waals surface area contributed by atoms with Crippen LogP contribution in [0, 0.1) is 12.8 Å². The first-order valence-electron chi connectivity index (χ1n) is 6.62. The number of hydrogen-bond acceptors (Lipinski definition) is 4. The first-order chi connectivity index (χ1) is 8.65. The number of nitrogens with one attached hydrogen (secondary N) is 1. The summed E-state index contributed by atoms with van der Waals surface area (Å²) in [5.74, 6) is 1.53. The second-order valence-electron chi connectivity index (χ2n) is 5.20. The molecule has 1 atom stereocenters.